The minimum atomic E-state index is 0.0571. The van der Waals surface area contributed by atoms with E-state index in [9.17, 15) is 0 Å². The van der Waals surface area contributed by atoms with Gasteiger partial charge in [0.05, 0.1) is 5.38 Å². The summed E-state index contributed by atoms with van der Waals surface area (Å²) in [4.78, 5) is 3.87. The van der Waals surface area contributed by atoms with Crippen molar-refractivity contribution in [3.63, 3.8) is 0 Å². The molecular formula is C10H9NO2S. The van der Waals surface area contributed by atoms with E-state index >= 15 is 0 Å². The number of thiazole rings is 1. The van der Waals surface area contributed by atoms with Gasteiger partial charge in [0.1, 0.15) is 17.4 Å². The Morgan fingerprint density at radius 3 is 2.71 bits per heavy atom. The Balaban J connectivity index is 1.95. The van der Waals surface area contributed by atoms with E-state index in [2.05, 4.69) is 4.98 Å². The van der Waals surface area contributed by atoms with E-state index in [0.29, 0.717) is 6.61 Å². The highest BCUT2D eigenvalue weighted by atomic mass is 32.1. The average molecular weight is 207 g/mol. The van der Waals surface area contributed by atoms with Gasteiger partial charge in [0.2, 0.25) is 5.88 Å². The van der Waals surface area contributed by atoms with E-state index in [1.807, 2.05) is 30.3 Å². The van der Waals surface area contributed by atoms with Crippen molar-refractivity contribution in [3.8, 4) is 11.6 Å². The quantitative estimate of drug-likeness (QED) is 0.840. The van der Waals surface area contributed by atoms with Gasteiger partial charge in [0.15, 0.2) is 0 Å². The van der Waals surface area contributed by atoms with Crippen LogP contribution in [-0.2, 0) is 6.61 Å². The molecule has 1 N–H and O–H groups in total. The minimum absolute atomic E-state index is 0.0571. The summed E-state index contributed by atoms with van der Waals surface area (Å²) in [5.41, 5.74) is 0. The van der Waals surface area contributed by atoms with Crippen LogP contribution in [-0.4, -0.2) is 10.1 Å². The number of rotatable bonds is 3. The Bertz CT molecular complexity index is 400. The Morgan fingerprint density at radius 1 is 1.29 bits per heavy atom. The molecule has 0 atom stereocenters. The van der Waals surface area contributed by atoms with Gasteiger partial charge in [0, 0.05) is 0 Å². The molecule has 0 unspecified atom stereocenters. The van der Waals surface area contributed by atoms with Crippen molar-refractivity contribution in [1.82, 2.24) is 4.98 Å². The maximum Gasteiger partial charge on any atom is 0.222 e. The summed E-state index contributed by atoms with van der Waals surface area (Å²) >= 11 is 1.38. The molecule has 3 nitrogen and oxygen atoms in total. The second-order valence-electron chi connectivity index (χ2n) is 2.70. The van der Waals surface area contributed by atoms with Gasteiger partial charge in [0.25, 0.3) is 0 Å². The second kappa shape index (κ2) is 4.11. The van der Waals surface area contributed by atoms with E-state index in [0.717, 1.165) is 10.8 Å². The number of nitrogens with zero attached hydrogens (tertiary/aromatic N) is 1. The molecule has 0 saturated carbocycles. The number of ether oxygens (including phenoxy) is 1. The summed E-state index contributed by atoms with van der Waals surface area (Å²) in [7, 11) is 0. The minimum Gasteiger partial charge on any atom is -0.493 e. The van der Waals surface area contributed by atoms with Crippen LogP contribution in [0.15, 0.2) is 35.7 Å². The lowest BCUT2D eigenvalue weighted by Gasteiger charge is -2.02. The summed E-state index contributed by atoms with van der Waals surface area (Å²) in [5, 5.41) is 11.4. The first-order chi connectivity index (χ1) is 6.84. The zero-order chi connectivity index (χ0) is 9.80. The molecule has 0 spiro atoms. The summed E-state index contributed by atoms with van der Waals surface area (Å²) in [6.07, 6.45) is 0. The fraction of sp³-hybridized carbons (Fsp3) is 0.100. The molecule has 0 fully saturated rings. The van der Waals surface area contributed by atoms with Crippen LogP contribution < -0.4 is 4.74 Å². The topological polar surface area (TPSA) is 42.4 Å². The van der Waals surface area contributed by atoms with Crippen LogP contribution in [0.4, 0.5) is 0 Å². The van der Waals surface area contributed by atoms with Crippen LogP contribution in [0, 0.1) is 0 Å². The van der Waals surface area contributed by atoms with Gasteiger partial charge in [-0.15, -0.1) is 11.3 Å². The first-order valence-electron chi connectivity index (χ1n) is 4.16. The third-order valence-corrected chi connectivity index (χ3v) is 2.46. The number of benzene rings is 1. The number of aromatic hydroxyl groups is 1. The van der Waals surface area contributed by atoms with Gasteiger partial charge in [-0.25, -0.2) is 4.98 Å². The maximum atomic E-state index is 8.99. The lowest BCUT2D eigenvalue weighted by atomic mass is 10.3. The lowest BCUT2D eigenvalue weighted by Crippen LogP contribution is -1.93. The molecule has 0 aliphatic heterocycles. The molecular weight excluding hydrogens is 198 g/mol. The molecule has 1 heterocycles. The fourth-order valence-electron chi connectivity index (χ4n) is 1.03. The largest absolute Gasteiger partial charge is 0.493 e. The summed E-state index contributed by atoms with van der Waals surface area (Å²) < 4.78 is 5.44. The van der Waals surface area contributed by atoms with E-state index in [-0.39, 0.29) is 5.88 Å². The van der Waals surface area contributed by atoms with Crippen molar-refractivity contribution in [2.75, 3.05) is 0 Å². The molecule has 1 aromatic heterocycles. The van der Waals surface area contributed by atoms with Crippen LogP contribution in [0.2, 0.25) is 0 Å². The third kappa shape index (κ3) is 2.23. The van der Waals surface area contributed by atoms with Crippen molar-refractivity contribution < 1.29 is 9.84 Å². The first-order valence-corrected chi connectivity index (χ1v) is 5.04. The predicted molar refractivity (Wildman–Crippen MR) is 54.6 cm³/mol. The van der Waals surface area contributed by atoms with Crippen LogP contribution in [0.3, 0.4) is 0 Å². The third-order valence-electron chi connectivity index (χ3n) is 1.65. The van der Waals surface area contributed by atoms with E-state index in [1.54, 1.807) is 5.38 Å². The average Bonchev–Trinajstić information content (AvgIpc) is 2.63. The van der Waals surface area contributed by atoms with Crippen molar-refractivity contribution in [2.24, 2.45) is 0 Å². The number of hydrogen-bond acceptors (Lipinski definition) is 4. The molecule has 4 heteroatoms. The first kappa shape index (κ1) is 9.02. The highest BCUT2D eigenvalue weighted by molar-refractivity contribution is 7.09. The Morgan fingerprint density at radius 2 is 2.07 bits per heavy atom. The van der Waals surface area contributed by atoms with Gasteiger partial charge in [-0.1, -0.05) is 18.2 Å². The standard InChI is InChI=1S/C10H9NO2S/c12-9-7-14-10(11-9)6-13-8-4-2-1-3-5-8/h1-5,7,12H,6H2. The highest BCUT2D eigenvalue weighted by Gasteiger charge is 2.00. The smallest absolute Gasteiger partial charge is 0.222 e. The molecule has 72 valence electrons. The van der Waals surface area contributed by atoms with Crippen molar-refractivity contribution in [2.45, 2.75) is 6.61 Å². The number of para-hydroxylation sites is 1. The van der Waals surface area contributed by atoms with Gasteiger partial charge in [-0.05, 0) is 12.1 Å². The SMILES string of the molecule is Oc1csc(COc2ccccc2)n1. The Kier molecular flexibility index (Phi) is 2.65. The summed E-state index contributed by atoms with van der Waals surface area (Å²) in [5.74, 6) is 0.865. The predicted octanol–water partition coefficient (Wildman–Crippen LogP) is 2.43. The molecule has 0 bridgehead atoms. The highest BCUT2D eigenvalue weighted by Crippen LogP contribution is 2.17. The Hall–Kier alpha value is -1.55. The number of hydrogen-bond donors (Lipinski definition) is 1. The van der Waals surface area contributed by atoms with Crippen LogP contribution in [0.25, 0.3) is 0 Å². The molecule has 0 aliphatic carbocycles. The van der Waals surface area contributed by atoms with Gasteiger partial charge < -0.3 is 9.84 Å². The van der Waals surface area contributed by atoms with Gasteiger partial charge >= 0.3 is 0 Å². The Labute approximate surface area is 85.6 Å². The molecule has 1 aromatic carbocycles. The maximum absolute atomic E-state index is 8.99. The molecule has 0 radical (unpaired) electrons. The van der Waals surface area contributed by atoms with Gasteiger partial charge in [-0.3, -0.25) is 0 Å². The van der Waals surface area contributed by atoms with Crippen molar-refractivity contribution in [3.05, 3.63) is 40.7 Å². The molecule has 2 rings (SSSR count). The summed E-state index contributed by atoms with van der Waals surface area (Å²) in [6.45, 7) is 0.398. The monoisotopic (exact) mass is 207 g/mol. The normalized spacial score (nSPS) is 10.0. The molecule has 0 aliphatic rings. The fourth-order valence-corrected chi connectivity index (χ4v) is 1.60. The van der Waals surface area contributed by atoms with E-state index in [4.69, 9.17) is 9.84 Å². The zero-order valence-corrected chi connectivity index (χ0v) is 8.20. The van der Waals surface area contributed by atoms with Crippen LogP contribution >= 0.6 is 11.3 Å². The van der Waals surface area contributed by atoms with E-state index in [1.165, 1.54) is 11.3 Å². The lowest BCUT2D eigenvalue weighted by molar-refractivity contribution is 0.304. The van der Waals surface area contributed by atoms with Gasteiger partial charge in [-0.2, -0.15) is 0 Å². The molecule has 14 heavy (non-hydrogen) atoms. The van der Waals surface area contributed by atoms with Crippen LogP contribution in [0.5, 0.6) is 11.6 Å². The zero-order valence-electron chi connectivity index (χ0n) is 7.38. The van der Waals surface area contributed by atoms with E-state index < -0.39 is 0 Å². The second-order valence-corrected chi connectivity index (χ2v) is 3.64. The molecule has 2 aromatic rings. The summed E-state index contributed by atoms with van der Waals surface area (Å²) in [6, 6.07) is 9.52. The molecule has 0 saturated heterocycles. The number of aromatic nitrogens is 1. The van der Waals surface area contributed by atoms with Crippen molar-refractivity contribution in [1.29, 1.82) is 0 Å². The van der Waals surface area contributed by atoms with Crippen LogP contribution in [0.1, 0.15) is 5.01 Å². The molecule has 0 amide bonds. The van der Waals surface area contributed by atoms with Crippen molar-refractivity contribution >= 4 is 11.3 Å².